The first-order chi connectivity index (χ1) is 9.56. The van der Waals surface area contributed by atoms with Crippen LogP contribution in [0.2, 0.25) is 0 Å². The minimum Gasteiger partial charge on any atom is -0.486 e. The van der Waals surface area contributed by atoms with Gasteiger partial charge >= 0.3 is 0 Å². The van der Waals surface area contributed by atoms with Gasteiger partial charge in [-0.1, -0.05) is 11.3 Å². The van der Waals surface area contributed by atoms with E-state index in [1.54, 1.807) is 0 Å². The van der Waals surface area contributed by atoms with E-state index in [0.29, 0.717) is 29.8 Å². The van der Waals surface area contributed by atoms with Crippen LogP contribution in [0.5, 0.6) is 17.2 Å². The van der Waals surface area contributed by atoms with Crippen molar-refractivity contribution in [3.63, 3.8) is 0 Å². The minimum absolute atomic E-state index is 0.479. The molecule has 4 rings (SSSR count). The van der Waals surface area contributed by atoms with Crippen molar-refractivity contribution < 1.29 is 14.2 Å². The van der Waals surface area contributed by atoms with Crippen LogP contribution in [-0.2, 0) is 5.60 Å². The predicted octanol–water partition coefficient (Wildman–Crippen LogP) is 2.79. The standard InChI is InChI=1S/C14H14N2O3S/c1-14(2)12-9(16-13(15)20-12)7-3-4-8-11(10(7)19-14)18-6-5-17-8/h3-4H,5-6H2,1-2H3,(H2,15,16). The molecule has 2 aliphatic heterocycles. The third-order valence-corrected chi connectivity index (χ3v) is 4.66. The van der Waals surface area contributed by atoms with Crippen molar-refractivity contribution in [3.8, 4) is 28.5 Å². The highest BCUT2D eigenvalue weighted by atomic mass is 32.1. The zero-order valence-corrected chi connectivity index (χ0v) is 12.0. The molecule has 0 fully saturated rings. The van der Waals surface area contributed by atoms with Gasteiger partial charge < -0.3 is 19.9 Å². The monoisotopic (exact) mass is 290 g/mol. The maximum atomic E-state index is 6.17. The van der Waals surface area contributed by atoms with E-state index in [4.69, 9.17) is 19.9 Å². The molecule has 0 spiro atoms. The van der Waals surface area contributed by atoms with Gasteiger partial charge in [-0.05, 0) is 26.0 Å². The highest BCUT2D eigenvalue weighted by Gasteiger charge is 2.39. The molecule has 0 saturated carbocycles. The van der Waals surface area contributed by atoms with Crippen LogP contribution in [0.4, 0.5) is 5.13 Å². The van der Waals surface area contributed by atoms with Crippen LogP contribution in [0.25, 0.3) is 11.3 Å². The summed E-state index contributed by atoms with van der Waals surface area (Å²) in [4.78, 5) is 5.50. The maximum absolute atomic E-state index is 6.17. The van der Waals surface area contributed by atoms with Gasteiger partial charge in [0.2, 0.25) is 5.75 Å². The first-order valence-electron chi connectivity index (χ1n) is 6.45. The van der Waals surface area contributed by atoms with Crippen LogP contribution in [0.1, 0.15) is 18.7 Å². The average Bonchev–Trinajstić information content (AvgIpc) is 2.81. The van der Waals surface area contributed by atoms with Gasteiger partial charge in [-0.25, -0.2) is 4.98 Å². The Balaban J connectivity index is 2.00. The Kier molecular flexibility index (Phi) is 2.24. The number of nitrogens with zero attached hydrogens (tertiary/aromatic N) is 1. The molecule has 2 aliphatic rings. The van der Waals surface area contributed by atoms with Crippen molar-refractivity contribution in [2.75, 3.05) is 18.9 Å². The van der Waals surface area contributed by atoms with E-state index in [2.05, 4.69) is 4.98 Å². The lowest BCUT2D eigenvalue weighted by Gasteiger charge is -2.33. The van der Waals surface area contributed by atoms with Gasteiger partial charge in [0, 0.05) is 5.56 Å². The molecule has 6 heteroatoms. The van der Waals surface area contributed by atoms with E-state index < -0.39 is 5.60 Å². The van der Waals surface area contributed by atoms with E-state index in [0.717, 1.165) is 21.9 Å². The van der Waals surface area contributed by atoms with Crippen molar-refractivity contribution in [1.82, 2.24) is 4.98 Å². The summed E-state index contributed by atoms with van der Waals surface area (Å²) in [6.07, 6.45) is 0. The van der Waals surface area contributed by atoms with Crippen molar-refractivity contribution >= 4 is 16.5 Å². The Labute approximate surface area is 120 Å². The third-order valence-electron chi connectivity index (χ3n) is 3.47. The summed E-state index contributed by atoms with van der Waals surface area (Å²) >= 11 is 1.47. The molecule has 104 valence electrons. The summed E-state index contributed by atoms with van der Waals surface area (Å²) in [6, 6.07) is 3.85. The molecule has 0 unspecified atom stereocenters. The number of anilines is 1. The lowest BCUT2D eigenvalue weighted by molar-refractivity contribution is 0.0940. The van der Waals surface area contributed by atoms with E-state index in [9.17, 15) is 0 Å². The largest absolute Gasteiger partial charge is 0.486 e. The number of ether oxygens (including phenoxy) is 3. The van der Waals surface area contributed by atoms with Crippen molar-refractivity contribution in [3.05, 3.63) is 17.0 Å². The van der Waals surface area contributed by atoms with Gasteiger partial charge in [0.15, 0.2) is 16.6 Å². The van der Waals surface area contributed by atoms with Crippen LogP contribution in [0.15, 0.2) is 12.1 Å². The van der Waals surface area contributed by atoms with Gasteiger partial charge in [0.25, 0.3) is 0 Å². The molecule has 1 aromatic carbocycles. The molecule has 2 N–H and O–H groups in total. The first kappa shape index (κ1) is 11.8. The van der Waals surface area contributed by atoms with Crippen molar-refractivity contribution in [1.29, 1.82) is 0 Å². The van der Waals surface area contributed by atoms with E-state index in [-0.39, 0.29) is 0 Å². The molecule has 0 atom stereocenters. The highest BCUT2D eigenvalue weighted by Crippen LogP contribution is 2.54. The molecular formula is C14H14N2O3S. The predicted molar refractivity (Wildman–Crippen MR) is 76.6 cm³/mol. The second-order valence-corrected chi connectivity index (χ2v) is 6.34. The Bertz CT molecular complexity index is 709. The number of hydrogen-bond acceptors (Lipinski definition) is 6. The van der Waals surface area contributed by atoms with Crippen molar-refractivity contribution in [2.45, 2.75) is 19.4 Å². The molecule has 0 saturated heterocycles. The highest BCUT2D eigenvalue weighted by molar-refractivity contribution is 7.16. The summed E-state index contributed by atoms with van der Waals surface area (Å²) in [5.41, 5.74) is 7.19. The molecule has 0 amide bonds. The van der Waals surface area contributed by atoms with Crippen molar-refractivity contribution in [2.24, 2.45) is 0 Å². The zero-order valence-electron chi connectivity index (χ0n) is 11.2. The van der Waals surface area contributed by atoms with Crippen LogP contribution >= 0.6 is 11.3 Å². The maximum Gasteiger partial charge on any atom is 0.204 e. The Hall–Kier alpha value is -1.95. The second kappa shape index (κ2) is 3.79. The SMILES string of the molecule is CC1(C)Oc2c(ccc3c2OCCO3)-c2nc(N)sc21. The van der Waals surface area contributed by atoms with E-state index in [1.807, 2.05) is 26.0 Å². The number of nitrogens with two attached hydrogens (primary N) is 1. The molecule has 1 aromatic heterocycles. The van der Waals surface area contributed by atoms with Gasteiger partial charge in [0.1, 0.15) is 18.8 Å². The molecule has 2 aromatic rings. The van der Waals surface area contributed by atoms with Crippen LogP contribution in [-0.4, -0.2) is 18.2 Å². The van der Waals surface area contributed by atoms with Crippen LogP contribution in [0, 0.1) is 0 Å². The summed E-state index contributed by atoms with van der Waals surface area (Å²) in [5.74, 6) is 2.08. The summed E-state index contributed by atoms with van der Waals surface area (Å²) in [7, 11) is 0. The summed E-state index contributed by atoms with van der Waals surface area (Å²) in [6.45, 7) is 5.11. The number of thiazole rings is 1. The van der Waals surface area contributed by atoms with Crippen LogP contribution in [0.3, 0.4) is 0 Å². The number of nitrogen functional groups attached to an aromatic ring is 1. The van der Waals surface area contributed by atoms with Gasteiger partial charge in [-0.2, -0.15) is 0 Å². The topological polar surface area (TPSA) is 66.6 Å². The number of hydrogen-bond donors (Lipinski definition) is 1. The Morgan fingerprint density at radius 1 is 1.20 bits per heavy atom. The molecule has 5 nitrogen and oxygen atoms in total. The molecule has 0 bridgehead atoms. The molecular weight excluding hydrogens is 276 g/mol. The summed E-state index contributed by atoms with van der Waals surface area (Å²) in [5, 5.41) is 0.550. The minimum atomic E-state index is -0.479. The number of benzene rings is 1. The number of aromatic nitrogens is 1. The number of fused-ring (bicyclic) bond motifs is 5. The van der Waals surface area contributed by atoms with Gasteiger partial charge in [-0.15, -0.1) is 0 Å². The Morgan fingerprint density at radius 2 is 2.00 bits per heavy atom. The second-order valence-electron chi connectivity index (χ2n) is 5.31. The molecule has 0 aliphatic carbocycles. The first-order valence-corrected chi connectivity index (χ1v) is 7.27. The lowest BCUT2D eigenvalue weighted by atomic mass is 9.96. The fourth-order valence-electron chi connectivity index (χ4n) is 2.61. The van der Waals surface area contributed by atoms with Gasteiger partial charge in [0.05, 0.1) is 10.6 Å². The fraction of sp³-hybridized carbons (Fsp3) is 0.357. The fourth-order valence-corrected chi connectivity index (χ4v) is 3.49. The zero-order chi connectivity index (χ0) is 13.9. The Morgan fingerprint density at radius 3 is 2.85 bits per heavy atom. The smallest absolute Gasteiger partial charge is 0.204 e. The average molecular weight is 290 g/mol. The number of rotatable bonds is 0. The third kappa shape index (κ3) is 1.51. The lowest BCUT2D eigenvalue weighted by Crippen LogP contribution is -2.29. The molecule has 0 radical (unpaired) electrons. The van der Waals surface area contributed by atoms with E-state index >= 15 is 0 Å². The molecule has 20 heavy (non-hydrogen) atoms. The quantitative estimate of drug-likeness (QED) is 0.808. The molecule has 3 heterocycles. The summed E-state index contributed by atoms with van der Waals surface area (Å²) < 4.78 is 17.5. The normalized spacial score (nSPS) is 17.9. The van der Waals surface area contributed by atoms with Gasteiger partial charge in [-0.3, -0.25) is 0 Å². The van der Waals surface area contributed by atoms with E-state index in [1.165, 1.54) is 11.3 Å². The van der Waals surface area contributed by atoms with Crippen LogP contribution < -0.4 is 19.9 Å².